The lowest BCUT2D eigenvalue weighted by Crippen LogP contribution is -2.07. The first kappa shape index (κ1) is 12.1. The van der Waals surface area contributed by atoms with Crippen LogP contribution in [0.2, 0.25) is 0 Å². The second kappa shape index (κ2) is 4.87. The van der Waals surface area contributed by atoms with E-state index in [4.69, 9.17) is 9.84 Å². The molecule has 1 N–H and O–H groups in total. The van der Waals surface area contributed by atoms with Crippen molar-refractivity contribution in [3.05, 3.63) is 36.2 Å². The predicted octanol–water partition coefficient (Wildman–Crippen LogP) is 1.46. The van der Waals surface area contributed by atoms with Gasteiger partial charge in [-0.2, -0.15) is 0 Å². The smallest absolute Gasteiger partial charge is 0.312 e. The zero-order chi connectivity index (χ0) is 13.1. The number of ether oxygens (including phenoxy) is 1. The van der Waals surface area contributed by atoms with Gasteiger partial charge in [0.25, 0.3) is 0 Å². The van der Waals surface area contributed by atoms with Gasteiger partial charge in [-0.3, -0.25) is 4.79 Å². The Morgan fingerprint density at radius 1 is 1.44 bits per heavy atom. The van der Waals surface area contributed by atoms with E-state index in [1.165, 1.54) is 4.68 Å². The molecule has 6 heteroatoms. The summed E-state index contributed by atoms with van der Waals surface area (Å²) in [6.07, 6.45) is 1.59. The molecule has 0 aliphatic heterocycles. The van der Waals surface area contributed by atoms with Crippen molar-refractivity contribution in [2.45, 2.75) is 12.8 Å². The third-order valence-corrected chi connectivity index (χ3v) is 2.66. The van der Waals surface area contributed by atoms with Crippen molar-refractivity contribution in [3.8, 4) is 11.4 Å². The molecule has 0 radical (unpaired) electrons. The number of hydrogen-bond acceptors (Lipinski definition) is 4. The van der Waals surface area contributed by atoms with Crippen LogP contribution in [0, 0.1) is 0 Å². The minimum absolute atomic E-state index is 0.411. The second-order valence-electron chi connectivity index (χ2n) is 3.82. The fourth-order valence-electron chi connectivity index (χ4n) is 1.54. The summed E-state index contributed by atoms with van der Waals surface area (Å²) in [5, 5.41) is 16.7. The molecule has 0 aliphatic rings. The van der Waals surface area contributed by atoms with Crippen LogP contribution in [0.15, 0.2) is 30.5 Å². The molecule has 6 nitrogen and oxygen atoms in total. The molecule has 0 fully saturated rings. The van der Waals surface area contributed by atoms with Gasteiger partial charge in [-0.15, -0.1) is 5.10 Å². The summed E-state index contributed by atoms with van der Waals surface area (Å²) < 4.78 is 6.72. The van der Waals surface area contributed by atoms with Crippen LogP contribution in [0.1, 0.15) is 18.5 Å². The number of aromatic nitrogens is 3. The van der Waals surface area contributed by atoms with E-state index in [1.54, 1.807) is 26.3 Å². The molecule has 1 aromatic carbocycles. The molecule has 0 aliphatic carbocycles. The Kier molecular flexibility index (Phi) is 3.27. The van der Waals surface area contributed by atoms with E-state index < -0.39 is 11.9 Å². The molecule has 0 spiro atoms. The SMILES string of the molecule is COc1ccccc1-n1cc(C(C)C(=O)O)nn1. The van der Waals surface area contributed by atoms with Crippen LogP contribution in [0.5, 0.6) is 5.75 Å². The quantitative estimate of drug-likeness (QED) is 0.885. The Morgan fingerprint density at radius 3 is 2.83 bits per heavy atom. The number of hydrogen-bond donors (Lipinski definition) is 1. The Labute approximate surface area is 104 Å². The average molecular weight is 247 g/mol. The zero-order valence-electron chi connectivity index (χ0n) is 10.1. The Hall–Kier alpha value is -2.37. The van der Waals surface area contributed by atoms with Crippen LogP contribution in [0.3, 0.4) is 0 Å². The van der Waals surface area contributed by atoms with Crippen molar-refractivity contribution in [3.63, 3.8) is 0 Å². The third-order valence-electron chi connectivity index (χ3n) is 2.66. The largest absolute Gasteiger partial charge is 0.494 e. The number of carbonyl (C=O) groups is 1. The van der Waals surface area contributed by atoms with Crippen molar-refractivity contribution in [1.29, 1.82) is 0 Å². The first-order valence-electron chi connectivity index (χ1n) is 5.42. The van der Waals surface area contributed by atoms with Gasteiger partial charge in [-0.05, 0) is 19.1 Å². The van der Waals surface area contributed by atoms with Crippen LogP contribution < -0.4 is 4.74 Å². The molecule has 1 aromatic heterocycles. The molecule has 0 saturated carbocycles. The number of aliphatic carboxylic acids is 1. The maximum Gasteiger partial charge on any atom is 0.312 e. The van der Waals surface area contributed by atoms with Gasteiger partial charge < -0.3 is 9.84 Å². The molecular formula is C12H13N3O3. The highest BCUT2D eigenvalue weighted by Gasteiger charge is 2.18. The number of carboxylic acid groups (broad SMARTS) is 1. The van der Waals surface area contributed by atoms with Crippen molar-refractivity contribution < 1.29 is 14.6 Å². The predicted molar refractivity (Wildman–Crippen MR) is 64.0 cm³/mol. The molecule has 0 amide bonds. The number of carboxylic acids is 1. The highest BCUT2D eigenvalue weighted by Crippen LogP contribution is 2.22. The fraction of sp³-hybridized carbons (Fsp3) is 0.250. The summed E-state index contributed by atoms with van der Waals surface area (Å²) >= 11 is 0. The molecule has 1 unspecified atom stereocenters. The van der Waals surface area contributed by atoms with Gasteiger partial charge in [0, 0.05) is 0 Å². The molecule has 0 bridgehead atoms. The van der Waals surface area contributed by atoms with Crippen LogP contribution in [-0.4, -0.2) is 33.2 Å². The van der Waals surface area contributed by atoms with Crippen LogP contribution in [0.25, 0.3) is 5.69 Å². The summed E-state index contributed by atoms with van der Waals surface area (Å²) in [4.78, 5) is 10.9. The van der Waals surface area contributed by atoms with E-state index >= 15 is 0 Å². The molecule has 1 atom stereocenters. The maximum atomic E-state index is 10.9. The summed E-state index contributed by atoms with van der Waals surface area (Å²) in [6.45, 7) is 1.57. The van der Waals surface area contributed by atoms with Gasteiger partial charge in [-0.1, -0.05) is 17.3 Å². The maximum absolute atomic E-state index is 10.9. The molecular weight excluding hydrogens is 234 g/mol. The van der Waals surface area contributed by atoms with E-state index in [-0.39, 0.29) is 0 Å². The summed E-state index contributed by atoms with van der Waals surface area (Å²) in [5.74, 6) is -0.965. The number of methoxy groups -OCH3 is 1. The van der Waals surface area contributed by atoms with Crippen molar-refractivity contribution in [2.24, 2.45) is 0 Å². The summed E-state index contributed by atoms with van der Waals surface area (Å²) in [5.41, 5.74) is 1.13. The van der Waals surface area contributed by atoms with Gasteiger partial charge in [0.05, 0.1) is 24.9 Å². The van der Waals surface area contributed by atoms with Gasteiger partial charge in [0.15, 0.2) is 0 Å². The molecule has 2 rings (SSSR count). The second-order valence-corrected chi connectivity index (χ2v) is 3.82. The van der Waals surface area contributed by atoms with Crippen LogP contribution >= 0.6 is 0 Å². The highest BCUT2D eigenvalue weighted by atomic mass is 16.5. The molecule has 18 heavy (non-hydrogen) atoms. The van der Waals surface area contributed by atoms with Gasteiger partial charge in [0.2, 0.25) is 0 Å². The number of benzene rings is 1. The number of nitrogens with zero attached hydrogens (tertiary/aromatic N) is 3. The Balaban J connectivity index is 2.38. The third kappa shape index (κ3) is 2.17. The minimum Gasteiger partial charge on any atom is -0.494 e. The first-order valence-corrected chi connectivity index (χ1v) is 5.42. The van der Waals surface area contributed by atoms with Gasteiger partial charge in [-0.25, -0.2) is 4.68 Å². The first-order chi connectivity index (χ1) is 8.63. The van der Waals surface area contributed by atoms with E-state index in [9.17, 15) is 4.79 Å². The number of rotatable bonds is 4. The topological polar surface area (TPSA) is 77.2 Å². The highest BCUT2D eigenvalue weighted by molar-refractivity contribution is 5.74. The van der Waals surface area contributed by atoms with E-state index in [2.05, 4.69) is 10.3 Å². The van der Waals surface area contributed by atoms with Crippen molar-refractivity contribution >= 4 is 5.97 Å². The molecule has 2 aromatic rings. The van der Waals surface area contributed by atoms with Crippen molar-refractivity contribution in [2.75, 3.05) is 7.11 Å². The van der Waals surface area contributed by atoms with Crippen LogP contribution in [0.4, 0.5) is 0 Å². The lowest BCUT2D eigenvalue weighted by atomic mass is 10.1. The molecule has 94 valence electrons. The van der Waals surface area contributed by atoms with E-state index in [0.29, 0.717) is 11.4 Å². The summed E-state index contributed by atoms with van der Waals surface area (Å²) in [7, 11) is 1.57. The monoisotopic (exact) mass is 247 g/mol. The normalized spacial score (nSPS) is 12.1. The zero-order valence-corrected chi connectivity index (χ0v) is 10.1. The summed E-state index contributed by atoms with van der Waals surface area (Å²) in [6, 6.07) is 7.32. The van der Waals surface area contributed by atoms with Gasteiger partial charge >= 0.3 is 5.97 Å². The Morgan fingerprint density at radius 2 is 2.17 bits per heavy atom. The standard InChI is InChI=1S/C12H13N3O3/c1-8(12(16)17)9-7-15(14-13-9)10-5-3-4-6-11(10)18-2/h3-8H,1-2H3,(H,16,17). The lowest BCUT2D eigenvalue weighted by molar-refractivity contribution is -0.138. The fourth-order valence-corrected chi connectivity index (χ4v) is 1.54. The van der Waals surface area contributed by atoms with Crippen LogP contribution in [-0.2, 0) is 4.79 Å². The Bertz CT molecular complexity index is 565. The lowest BCUT2D eigenvalue weighted by Gasteiger charge is -2.06. The number of para-hydroxylation sites is 2. The van der Waals surface area contributed by atoms with E-state index in [1.807, 2.05) is 18.2 Å². The molecule has 1 heterocycles. The minimum atomic E-state index is -0.929. The van der Waals surface area contributed by atoms with Crippen molar-refractivity contribution in [1.82, 2.24) is 15.0 Å². The average Bonchev–Trinajstić information content (AvgIpc) is 2.87. The molecule has 0 saturated heterocycles. The van der Waals surface area contributed by atoms with E-state index in [0.717, 1.165) is 5.69 Å². The van der Waals surface area contributed by atoms with Gasteiger partial charge in [0.1, 0.15) is 11.4 Å².